The Bertz CT molecular complexity index is 570. The van der Waals surface area contributed by atoms with Crippen LogP contribution in [0.25, 0.3) is 0 Å². The van der Waals surface area contributed by atoms with Gasteiger partial charge in [0, 0.05) is 6.54 Å². The normalized spacial score (nSPS) is 12.8. The second-order valence-electron chi connectivity index (χ2n) is 5.01. The summed E-state index contributed by atoms with van der Waals surface area (Å²) < 4.78 is 5.50. The van der Waals surface area contributed by atoms with Gasteiger partial charge in [0.2, 0.25) is 0 Å². The number of nitrogens with one attached hydrogen (secondary N) is 1. The van der Waals surface area contributed by atoms with Gasteiger partial charge in [0.1, 0.15) is 11.9 Å². The molecule has 0 spiro atoms. The van der Waals surface area contributed by atoms with Crippen LogP contribution in [0.1, 0.15) is 12.8 Å². The molecule has 4 nitrogen and oxygen atoms in total. The number of benzene rings is 2. The molecule has 2 atom stereocenters. The lowest BCUT2D eigenvalue weighted by Gasteiger charge is -2.20. The molecule has 0 fully saturated rings. The monoisotopic (exact) mass is 356 g/mol. The second-order valence-corrected chi connectivity index (χ2v) is 5.42. The van der Waals surface area contributed by atoms with E-state index in [-0.39, 0.29) is 12.4 Å². The minimum atomic E-state index is -0.734. The Labute approximate surface area is 148 Å². The summed E-state index contributed by atoms with van der Waals surface area (Å²) in [5.74, 6) is 0.656. The standard InChI is InChI=1S/C17H21ClN2O2.ClH/c18-14-9-4-5-10-15(14)20-12-6-11-16(21)17(19)22-13-7-2-1-3-8-13;/h1-5,7-10,16-17,20-21H,6,11-12,19H2;1H. The molecular weight excluding hydrogens is 335 g/mol. The van der Waals surface area contributed by atoms with Crippen LogP contribution in [0.15, 0.2) is 54.6 Å². The molecular formula is C17H22Cl2N2O2. The zero-order chi connectivity index (χ0) is 15.8. The fourth-order valence-electron chi connectivity index (χ4n) is 2.04. The molecule has 0 saturated heterocycles. The lowest BCUT2D eigenvalue weighted by Crippen LogP contribution is -2.40. The fourth-order valence-corrected chi connectivity index (χ4v) is 2.24. The van der Waals surface area contributed by atoms with Gasteiger partial charge in [-0.2, -0.15) is 0 Å². The summed E-state index contributed by atoms with van der Waals surface area (Å²) in [6, 6.07) is 16.8. The fraction of sp³-hybridized carbons (Fsp3) is 0.294. The van der Waals surface area contributed by atoms with Gasteiger partial charge in [0.15, 0.2) is 6.23 Å². The van der Waals surface area contributed by atoms with Gasteiger partial charge in [-0.3, -0.25) is 5.73 Å². The van der Waals surface area contributed by atoms with Crippen LogP contribution in [-0.4, -0.2) is 24.0 Å². The average molecular weight is 357 g/mol. The summed E-state index contributed by atoms with van der Waals surface area (Å²) >= 11 is 6.05. The first-order valence-corrected chi connectivity index (χ1v) is 7.68. The highest BCUT2D eigenvalue weighted by Gasteiger charge is 2.15. The summed E-state index contributed by atoms with van der Waals surface area (Å²) in [6.07, 6.45) is -0.139. The maximum Gasteiger partial charge on any atom is 0.173 e. The van der Waals surface area contributed by atoms with Crippen LogP contribution in [0.5, 0.6) is 5.75 Å². The topological polar surface area (TPSA) is 67.5 Å². The Morgan fingerprint density at radius 3 is 2.43 bits per heavy atom. The number of para-hydroxylation sites is 2. The van der Waals surface area contributed by atoms with E-state index < -0.39 is 12.3 Å². The molecule has 2 aromatic rings. The minimum Gasteiger partial charge on any atom is -0.473 e. The molecule has 0 aromatic heterocycles. The minimum absolute atomic E-state index is 0. The first-order valence-electron chi connectivity index (χ1n) is 7.30. The smallest absolute Gasteiger partial charge is 0.173 e. The molecule has 0 heterocycles. The molecule has 6 heteroatoms. The highest BCUT2D eigenvalue weighted by Crippen LogP contribution is 2.20. The van der Waals surface area contributed by atoms with Crippen LogP contribution in [0.4, 0.5) is 5.69 Å². The van der Waals surface area contributed by atoms with Crippen LogP contribution >= 0.6 is 24.0 Å². The summed E-state index contributed by atoms with van der Waals surface area (Å²) in [4.78, 5) is 0. The van der Waals surface area contributed by atoms with E-state index in [1.165, 1.54) is 0 Å². The predicted molar refractivity (Wildman–Crippen MR) is 97.5 cm³/mol. The number of aliphatic hydroxyl groups excluding tert-OH is 1. The van der Waals surface area contributed by atoms with Crippen LogP contribution in [0.2, 0.25) is 5.02 Å². The van der Waals surface area contributed by atoms with Crippen molar-refractivity contribution in [1.82, 2.24) is 0 Å². The van der Waals surface area contributed by atoms with Gasteiger partial charge in [0.25, 0.3) is 0 Å². The Kier molecular flexibility index (Phi) is 8.81. The van der Waals surface area contributed by atoms with Gasteiger partial charge in [-0.05, 0) is 37.1 Å². The van der Waals surface area contributed by atoms with Gasteiger partial charge in [-0.1, -0.05) is 41.9 Å². The van der Waals surface area contributed by atoms with E-state index in [0.717, 1.165) is 12.1 Å². The maximum absolute atomic E-state index is 10.0. The number of rotatable bonds is 8. The first-order chi connectivity index (χ1) is 10.7. The number of anilines is 1. The quantitative estimate of drug-likeness (QED) is 0.498. The van der Waals surface area contributed by atoms with Gasteiger partial charge >= 0.3 is 0 Å². The molecule has 4 N–H and O–H groups in total. The first kappa shape index (κ1) is 19.6. The SMILES string of the molecule is Cl.NC(Oc1ccccc1)C(O)CCCNc1ccccc1Cl. The molecule has 2 unspecified atom stereocenters. The van der Waals surface area contributed by atoms with Crippen molar-refractivity contribution in [3.63, 3.8) is 0 Å². The van der Waals surface area contributed by atoms with Gasteiger partial charge in [-0.15, -0.1) is 12.4 Å². The third-order valence-electron chi connectivity index (χ3n) is 3.26. The summed E-state index contributed by atoms with van der Waals surface area (Å²) in [5.41, 5.74) is 6.75. The molecule has 0 aliphatic rings. The Hall–Kier alpha value is -1.46. The lowest BCUT2D eigenvalue weighted by atomic mass is 10.1. The van der Waals surface area contributed by atoms with Crippen molar-refractivity contribution in [2.24, 2.45) is 5.73 Å². The van der Waals surface area contributed by atoms with Crippen molar-refractivity contribution in [1.29, 1.82) is 0 Å². The molecule has 0 saturated carbocycles. The van der Waals surface area contributed by atoms with Crippen LogP contribution < -0.4 is 15.8 Å². The Morgan fingerprint density at radius 1 is 1.09 bits per heavy atom. The molecule has 0 aliphatic carbocycles. The summed E-state index contributed by atoms with van der Waals surface area (Å²) in [6.45, 7) is 0.707. The molecule has 2 rings (SSSR count). The van der Waals surface area contributed by atoms with E-state index >= 15 is 0 Å². The number of ether oxygens (including phenoxy) is 1. The largest absolute Gasteiger partial charge is 0.473 e. The van der Waals surface area contributed by atoms with Gasteiger partial charge < -0.3 is 15.2 Å². The predicted octanol–water partition coefficient (Wildman–Crippen LogP) is 3.68. The van der Waals surface area contributed by atoms with Crippen molar-refractivity contribution in [3.8, 4) is 5.75 Å². The highest BCUT2D eigenvalue weighted by molar-refractivity contribution is 6.33. The van der Waals surface area contributed by atoms with E-state index in [0.29, 0.717) is 23.7 Å². The van der Waals surface area contributed by atoms with Gasteiger partial charge in [0.05, 0.1) is 10.7 Å². The van der Waals surface area contributed by atoms with Crippen molar-refractivity contribution in [3.05, 3.63) is 59.6 Å². The van der Waals surface area contributed by atoms with E-state index in [4.69, 9.17) is 22.1 Å². The number of nitrogens with two attached hydrogens (primary N) is 1. The molecule has 0 aliphatic heterocycles. The van der Waals surface area contributed by atoms with E-state index in [9.17, 15) is 5.11 Å². The van der Waals surface area contributed by atoms with Crippen molar-refractivity contribution in [2.75, 3.05) is 11.9 Å². The average Bonchev–Trinajstić information content (AvgIpc) is 2.53. The van der Waals surface area contributed by atoms with Crippen molar-refractivity contribution >= 4 is 29.7 Å². The zero-order valence-electron chi connectivity index (χ0n) is 12.7. The van der Waals surface area contributed by atoms with Crippen molar-refractivity contribution < 1.29 is 9.84 Å². The second kappa shape index (κ2) is 10.3. The van der Waals surface area contributed by atoms with Crippen molar-refractivity contribution in [2.45, 2.75) is 25.2 Å². The van der Waals surface area contributed by atoms with Crippen LogP contribution in [0, 0.1) is 0 Å². The van der Waals surface area contributed by atoms with Crippen LogP contribution in [0.3, 0.4) is 0 Å². The highest BCUT2D eigenvalue weighted by atomic mass is 35.5. The number of hydrogen-bond donors (Lipinski definition) is 3. The van der Waals surface area contributed by atoms with Gasteiger partial charge in [-0.25, -0.2) is 0 Å². The Morgan fingerprint density at radius 2 is 1.74 bits per heavy atom. The number of aliphatic hydroxyl groups is 1. The summed E-state index contributed by atoms with van der Waals surface area (Å²) in [5, 5.41) is 13.9. The lowest BCUT2D eigenvalue weighted by molar-refractivity contribution is 0.0340. The molecule has 0 amide bonds. The third-order valence-corrected chi connectivity index (χ3v) is 3.59. The summed E-state index contributed by atoms with van der Waals surface area (Å²) in [7, 11) is 0. The molecule has 126 valence electrons. The number of halogens is 2. The third kappa shape index (κ3) is 6.67. The molecule has 2 aromatic carbocycles. The molecule has 0 radical (unpaired) electrons. The van der Waals surface area contributed by atoms with E-state index in [1.54, 1.807) is 0 Å². The maximum atomic E-state index is 10.0. The van der Waals surface area contributed by atoms with E-state index in [2.05, 4.69) is 5.32 Å². The zero-order valence-corrected chi connectivity index (χ0v) is 14.3. The Balaban J connectivity index is 0.00000264. The van der Waals surface area contributed by atoms with E-state index in [1.807, 2.05) is 54.6 Å². The number of hydrogen-bond acceptors (Lipinski definition) is 4. The molecule has 23 heavy (non-hydrogen) atoms. The molecule has 0 bridgehead atoms. The van der Waals surface area contributed by atoms with Crippen LogP contribution in [-0.2, 0) is 0 Å².